The standard InChI is InChI=1S/C14H24O5/c1-3-5-8-18-13(15)11-7-10-17-12(11)14(16)19-9-6-4-2/h11-12H,3-10H2,1-2H3. The van der Waals surface area contributed by atoms with E-state index in [1.807, 2.05) is 13.8 Å². The van der Waals surface area contributed by atoms with Crippen LogP contribution in [0.1, 0.15) is 46.0 Å². The molecule has 0 N–H and O–H groups in total. The van der Waals surface area contributed by atoms with Crippen molar-refractivity contribution in [1.82, 2.24) is 0 Å². The maximum Gasteiger partial charge on any atom is 0.336 e. The van der Waals surface area contributed by atoms with E-state index in [-0.39, 0.29) is 5.97 Å². The highest BCUT2D eigenvalue weighted by Gasteiger charge is 2.41. The van der Waals surface area contributed by atoms with Crippen molar-refractivity contribution < 1.29 is 23.8 Å². The lowest BCUT2D eigenvalue weighted by molar-refractivity contribution is -0.164. The van der Waals surface area contributed by atoms with Crippen molar-refractivity contribution in [1.29, 1.82) is 0 Å². The number of unbranched alkanes of at least 4 members (excludes halogenated alkanes) is 2. The Hall–Kier alpha value is -1.10. The quantitative estimate of drug-likeness (QED) is 0.500. The number of esters is 2. The molecule has 0 bridgehead atoms. The van der Waals surface area contributed by atoms with Crippen LogP contribution in [-0.2, 0) is 23.8 Å². The van der Waals surface area contributed by atoms with E-state index in [2.05, 4.69) is 0 Å². The van der Waals surface area contributed by atoms with Crippen molar-refractivity contribution >= 4 is 11.9 Å². The zero-order valence-electron chi connectivity index (χ0n) is 11.9. The number of carbonyl (C=O) groups excluding carboxylic acids is 2. The van der Waals surface area contributed by atoms with Crippen LogP contribution in [-0.4, -0.2) is 37.9 Å². The average Bonchev–Trinajstić information content (AvgIpc) is 2.88. The fraction of sp³-hybridized carbons (Fsp3) is 0.857. The fourth-order valence-electron chi connectivity index (χ4n) is 1.89. The SMILES string of the molecule is CCCCOC(=O)C1CCOC1C(=O)OCCCC. The monoisotopic (exact) mass is 272 g/mol. The summed E-state index contributed by atoms with van der Waals surface area (Å²) >= 11 is 0. The molecule has 0 spiro atoms. The Balaban J connectivity index is 2.39. The average molecular weight is 272 g/mol. The zero-order valence-corrected chi connectivity index (χ0v) is 11.9. The Labute approximate surface area is 114 Å². The van der Waals surface area contributed by atoms with Gasteiger partial charge in [-0.05, 0) is 19.3 Å². The summed E-state index contributed by atoms with van der Waals surface area (Å²) < 4.78 is 15.6. The molecule has 1 heterocycles. The molecule has 1 aliphatic heterocycles. The normalized spacial score (nSPS) is 22.2. The van der Waals surface area contributed by atoms with Crippen molar-refractivity contribution in [3.8, 4) is 0 Å². The highest BCUT2D eigenvalue weighted by molar-refractivity contribution is 5.84. The van der Waals surface area contributed by atoms with E-state index in [0.717, 1.165) is 25.7 Å². The minimum absolute atomic E-state index is 0.344. The van der Waals surface area contributed by atoms with E-state index in [1.165, 1.54) is 0 Å². The van der Waals surface area contributed by atoms with Crippen LogP contribution in [0, 0.1) is 5.92 Å². The molecule has 0 saturated carbocycles. The summed E-state index contributed by atoms with van der Waals surface area (Å²) in [7, 11) is 0. The molecule has 5 heteroatoms. The van der Waals surface area contributed by atoms with Gasteiger partial charge in [0, 0.05) is 6.61 Å². The van der Waals surface area contributed by atoms with E-state index >= 15 is 0 Å². The van der Waals surface area contributed by atoms with Gasteiger partial charge in [0.05, 0.1) is 19.1 Å². The number of rotatable bonds is 8. The van der Waals surface area contributed by atoms with Crippen LogP contribution in [0.15, 0.2) is 0 Å². The van der Waals surface area contributed by atoms with Crippen LogP contribution in [0.3, 0.4) is 0 Å². The Morgan fingerprint density at radius 3 is 2.21 bits per heavy atom. The first-order chi connectivity index (χ1) is 9.20. The number of hydrogen-bond donors (Lipinski definition) is 0. The maximum absolute atomic E-state index is 11.9. The Morgan fingerprint density at radius 2 is 1.63 bits per heavy atom. The number of hydrogen-bond acceptors (Lipinski definition) is 5. The predicted molar refractivity (Wildman–Crippen MR) is 69.6 cm³/mol. The first-order valence-electron chi connectivity index (χ1n) is 7.15. The highest BCUT2D eigenvalue weighted by Crippen LogP contribution is 2.23. The van der Waals surface area contributed by atoms with Crippen LogP contribution in [0.2, 0.25) is 0 Å². The Kier molecular flexibility index (Phi) is 7.48. The summed E-state index contributed by atoms with van der Waals surface area (Å²) in [5.74, 6) is -1.29. The molecule has 1 rings (SSSR count). The third-order valence-corrected chi connectivity index (χ3v) is 3.11. The first-order valence-corrected chi connectivity index (χ1v) is 7.15. The third kappa shape index (κ3) is 5.19. The molecule has 0 amide bonds. The van der Waals surface area contributed by atoms with Gasteiger partial charge in [-0.15, -0.1) is 0 Å². The molecule has 1 fully saturated rings. The van der Waals surface area contributed by atoms with Gasteiger partial charge in [-0.3, -0.25) is 4.79 Å². The molecule has 0 radical (unpaired) electrons. The van der Waals surface area contributed by atoms with Crippen LogP contribution in [0.4, 0.5) is 0 Å². The lowest BCUT2D eigenvalue weighted by atomic mass is 10.0. The van der Waals surface area contributed by atoms with Crippen molar-refractivity contribution in [2.75, 3.05) is 19.8 Å². The second-order valence-corrected chi connectivity index (χ2v) is 4.73. The predicted octanol–water partition coefficient (Wildman–Crippen LogP) is 2.08. The molecule has 19 heavy (non-hydrogen) atoms. The van der Waals surface area contributed by atoms with E-state index in [1.54, 1.807) is 0 Å². The van der Waals surface area contributed by atoms with Gasteiger partial charge < -0.3 is 14.2 Å². The van der Waals surface area contributed by atoms with Crippen molar-refractivity contribution in [3.05, 3.63) is 0 Å². The van der Waals surface area contributed by atoms with Gasteiger partial charge in [0.15, 0.2) is 6.10 Å². The van der Waals surface area contributed by atoms with Crippen LogP contribution < -0.4 is 0 Å². The summed E-state index contributed by atoms with van der Waals surface area (Å²) in [6.45, 7) is 5.24. The largest absolute Gasteiger partial charge is 0.465 e. The van der Waals surface area contributed by atoms with Gasteiger partial charge in [0.25, 0.3) is 0 Å². The Bertz CT molecular complexity index is 262. The van der Waals surface area contributed by atoms with Gasteiger partial charge in [0.1, 0.15) is 0 Å². The molecule has 1 aliphatic rings. The van der Waals surface area contributed by atoms with E-state index < -0.39 is 18.0 Å². The maximum atomic E-state index is 11.9. The summed E-state index contributed by atoms with van der Waals surface area (Å²) in [4.78, 5) is 23.7. The van der Waals surface area contributed by atoms with Gasteiger partial charge in [-0.1, -0.05) is 26.7 Å². The molecule has 0 aliphatic carbocycles. The summed E-state index contributed by atoms with van der Waals surface area (Å²) in [5, 5.41) is 0. The smallest absolute Gasteiger partial charge is 0.336 e. The number of ether oxygens (including phenoxy) is 3. The van der Waals surface area contributed by atoms with Crippen molar-refractivity contribution in [2.45, 2.75) is 52.1 Å². The lowest BCUT2D eigenvalue weighted by Gasteiger charge is -2.16. The highest BCUT2D eigenvalue weighted by atomic mass is 16.6. The molecule has 2 unspecified atom stereocenters. The second kappa shape index (κ2) is 8.91. The molecular formula is C14H24O5. The second-order valence-electron chi connectivity index (χ2n) is 4.73. The van der Waals surface area contributed by atoms with Crippen LogP contribution in [0.25, 0.3) is 0 Å². The molecule has 0 aromatic carbocycles. The van der Waals surface area contributed by atoms with E-state index in [9.17, 15) is 9.59 Å². The Morgan fingerprint density at radius 1 is 1.05 bits per heavy atom. The van der Waals surface area contributed by atoms with Crippen LogP contribution >= 0.6 is 0 Å². The minimum atomic E-state index is -0.786. The van der Waals surface area contributed by atoms with E-state index in [4.69, 9.17) is 14.2 Å². The summed E-state index contributed by atoms with van der Waals surface area (Å²) in [6, 6.07) is 0. The van der Waals surface area contributed by atoms with Crippen molar-refractivity contribution in [3.63, 3.8) is 0 Å². The summed E-state index contributed by atoms with van der Waals surface area (Å²) in [6.07, 6.45) is 3.33. The third-order valence-electron chi connectivity index (χ3n) is 3.11. The summed E-state index contributed by atoms with van der Waals surface area (Å²) in [5.41, 5.74) is 0. The molecule has 2 atom stereocenters. The topological polar surface area (TPSA) is 61.8 Å². The van der Waals surface area contributed by atoms with Gasteiger partial charge >= 0.3 is 11.9 Å². The van der Waals surface area contributed by atoms with E-state index in [0.29, 0.717) is 26.2 Å². The van der Waals surface area contributed by atoms with Gasteiger partial charge in [0.2, 0.25) is 0 Å². The zero-order chi connectivity index (χ0) is 14.1. The first kappa shape index (κ1) is 16.0. The molecular weight excluding hydrogens is 248 g/mol. The van der Waals surface area contributed by atoms with Gasteiger partial charge in [-0.25, -0.2) is 4.79 Å². The van der Waals surface area contributed by atoms with Crippen molar-refractivity contribution in [2.24, 2.45) is 5.92 Å². The molecule has 0 aromatic heterocycles. The van der Waals surface area contributed by atoms with Crippen LogP contribution in [0.5, 0.6) is 0 Å². The molecule has 5 nitrogen and oxygen atoms in total. The lowest BCUT2D eigenvalue weighted by Crippen LogP contribution is -2.34. The minimum Gasteiger partial charge on any atom is -0.465 e. The fourth-order valence-corrected chi connectivity index (χ4v) is 1.89. The number of carbonyl (C=O) groups is 2. The van der Waals surface area contributed by atoms with Gasteiger partial charge in [-0.2, -0.15) is 0 Å². The molecule has 1 saturated heterocycles. The molecule has 0 aromatic rings. The molecule has 110 valence electrons.